The minimum Gasteiger partial charge on any atom is -0.380 e. The van der Waals surface area contributed by atoms with E-state index in [0.29, 0.717) is 0 Å². The molecule has 0 radical (unpaired) electrons. The normalized spacial score (nSPS) is 10.5. The van der Waals surface area contributed by atoms with Crippen molar-refractivity contribution in [3.05, 3.63) is 18.6 Å². The summed E-state index contributed by atoms with van der Waals surface area (Å²) in [7, 11) is 0. The van der Waals surface area contributed by atoms with E-state index in [0.717, 1.165) is 37.1 Å². The molecule has 15 heavy (non-hydrogen) atoms. The summed E-state index contributed by atoms with van der Waals surface area (Å²) < 4.78 is 5.21. The van der Waals surface area contributed by atoms with Gasteiger partial charge in [0.15, 0.2) is 0 Å². The molecule has 0 amide bonds. The standard InChI is InChI=1S/C10H17N3OS/c1-2-14-7-5-11-6-8-15-10-9-12-3-4-13-10/h3-4,9,11H,2,5-8H2,1H3. The van der Waals surface area contributed by atoms with Crippen molar-refractivity contribution in [1.82, 2.24) is 15.3 Å². The summed E-state index contributed by atoms with van der Waals surface area (Å²) in [5.41, 5.74) is 0. The van der Waals surface area contributed by atoms with Gasteiger partial charge in [0, 0.05) is 37.8 Å². The lowest BCUT2D eigenvalue weighted by Crippen LogP contribution is -2.22. The van der Waals surface area contributed by atoms with Crippen LogP contribution in [0.2, 0.25) is 0 Å². The van der Waals surface area contributed by atoms with Gasteiger partial charge in [0.2, 0.25) is 0 Å². The number of ether oxygens (including phenoxy) is 1. The molecule has 0 aromatic carbocycles. The molecule has 0 spiro atoms. The van der Waals surface area contributed by atoms with Gasteiger partial charge in [-0.3, -0.25) is 4.98 Å². The highest BCUT2D eigenvalue weighted by molar-refractivity contribution is 7.99. The first kappa shape index (κ1) is 12.4. The van der Waals surface area contributed by atoms with Crippen LogP contribution in [0.25, 0.3) is 0 Å². The van der Waals surface area contributed by atoms with E-state index in [1.54, 1.807) is 30.4 Å². The fourth-order valence-electron chi connectivity index (χ4n) is 1.00. The van der Waals surface area contributed by atoms with Gasteiger partial charge in [0.25, 0.3) is 0 Å². The Labute approximate surface area is 94.8 Å². The Morgan fingerprint density at radius 2 is 2.33 bits per heavy atom. The Balaban J connectivity index is 1.93. The largest absolute Gasteiger partial charge is 0.380 e. The van der Waals surface area contributed by atoms with Gasteiger partial charge >= 0.3 is 0 Å². The second-order valence-corrected chi connectivity index (χ2v) is 3.95. The van der Waals surface area contributed by atoms with Crippen LogP contribution in [-0.4, -0.2) is 42.0 Å². The first-order valence-electron chi connectivity index (χ1n) is 5.10. The van der Waals surface area contributed by atoms with E-state index in [1.165, 1.54) is 0 Å². The van der Waals surface area contributed by atoms with Gasteiger partial charge in [0.1, 0.15) is 5.03 Å². The SMILES string of the molecule is CCOCCNCCSc1cnccn1. The fraction of sp³-hybridized carbons (Fsp3) is 0.600. The van der Waals surface area contributed by atoms with Crippen molar-refractivity contribution in [2.45, 2.75) is 11.9 Å². The second kappa shape index (κ2) is 8.64. The van der Waals surface area contributed by atoms with E-state index in [4.69, 9.17) is 4.74 Å². The molecule has 5 heteroatoms. The molecule has 1 N–H and O–H groups in total. The highest BCUT2D eigenvalue weighted by Crippen LogP contribution is 2.10. The topological polar surface area (TPSA) is 47.0 Å². The minimum absolute atomic E-state index is 0.784. The maximum atomic E-state index is 5.21. The Kier molecular flexibility index (Phi) is 7.16. The molecule has 4 nitrogen and oxygen atoms in total. The molecular weight excluding hydrogens is 210 g/mol. The molecule has 0 aliphatic heterocycles. The van der Waals surface area contributed by atoms with Crippen molar-refractivity contribution in [3.8, 4) is 0 Å². The number of hydrogen-bond donors (Lipinski definition) is 1. The number of rotatable bonds is 8. The molecule has 0 aliphatic carbocycles. The lowest BCUT2D eigenvalue weighted by atomic mass is 10.6. The zero-order valence-electron chi connectivity index (χ0n) is 8.98. The molecule has 0 unspecified atom stereocenters. The zero-order chi connectivity index (χ0) is 10.8. The molecule has 1 aromatic heterocycles. The Hall–Kier alpha value is -0.650. The quantitative estimate of drug-likeness (QED) is 0.534. The van der Waals surface area contributed by atoms with Crippen LogP contribution in [0.1, 0.15) is 6.92 Å². The smallest absolute Gasteiger partial charge is 0.114 e. The third-order valence-corrected chi connectivity index (χ3v) is 2.61. The van der Waals surface area contributed by atoms with Crippen molar-refractivity contribution < 1.29 is 4.74 Å². The van der Waals surface area contributed by atoms with Crippen LogP contribution in [0.3, 0.4) is 0 Å². The summed E-state index contributed by atoms with van der Waals surface area (Å²) in [6.45, 7) is 5.45. The van der Waals surface area contributed by atoms with Gasteiger partial charge in [-0.1, -0.05) is 0 Å². The molecule has 0 atom stereocenters. The average molecular weight is 227 g/mol. The third-order valence-electron chi connectivity index (χ3n) is 1.70. The van der Waals surface area contributed by atoms with Crippen LogP contribution >= 0.6 is 11.8 Å². The predicted molar refractivity (Wildman–Crippen MR) is 62.1 cm³/mol. The second-order valence-electron chi connectivity index (χ2n) is 2.84. The summed E-state index contributed by atoms with van der Waals surface area (Å²) in [5, 5.41) is 4.27. The Morgan fingerprint density at radius 1 is 1.40 bits per heavy atom. The van der Waals surface area contributed by atoms with Crippen molar-refractivity contribution in [2.24, 2.45) is 0 Å². The molecule has 84 valence electrons. The van der Waals surface area contributed by atoms with E-state index in [1.807, 2.05) is 6.92 Å². The number of hydrogen-bond acceptors (Lipinski definition) is 5. The van der Waals surface area contributed by atoms with Gasteiger partial charge in [-0.05, 0) is 6.92 Å². The van der Waals surface area contributed by atoms with Crippen LogP contribution < -0.4 is 5.32 Å². The van der Waals surface area contributed by atoms with Crippen LogP contribution in [0.4, 0.5) is 0 Å². The summed E-state index contributed by atoms with van der Waals surface area (Å²) in [6.07, 6.45) is 5.18. The molecule has 0 fully saturated rings. The van der Waals surface area contributed by atoms with E-state index in [9.17, 15) is 0 Å². The van der Waals surface area contributed by atoms with Crippen LogP contribution in [0.5, 0.6) is 0 Å². The molecule has 0 saturated carbocycles. The third kappa shape index (κ3) is 6.43. The number of aromatic nitrogens is 2. The van der Waals surface area contributed by atoms with Gasteiger partial charge in [0.05, 0.1) is 12.8 Å². The highest BCUT2D eigenvalue weighted by atomic mass is 32.2. The molecular formula is C10H17N3OS. The Bertz CT molecular complexity index is 246. The first-order chi connectivity index (χ1) is 7.43. The van der Waals surface area contributed by atoms with Gasteiger partial charge in [-0.25, -0.2) is 4.98 Å². The Morgan fingerprint density at radius 3 is 3.07 bits per heavy atom. The number of nitrogens with zero attached hydrogens (tertiary/aromatic N) is 2. The first-order valence-corrected chi connectivity index (χ1v) is 6.09. The molecule has 1 heterocycles. The number of thioether (sulfide) groups is 1. The highest BCUT2D eigenvalue weighted by Gasteiger charge is 1.93. The number of nitrogens with one attached hydrogen (secondary N) is 1. The van der Waals surface area contributed by atoms with Crippen LogP contribution in [0, 0.1) is 0 Å². The molecule has 1 rings (SSSR count). The fourth-order valence-corrected chi connectivity index (χ4v) is 1.73. The van der Waals surface area contributed by atoms with E-state index in [-0.39, 0.29) is 0 Å². The average Bonchev–Trinajstić information content (AvgIpc) is 2.29. The van der Waals surface area contributed by atoms with Crippen LogP contribution in [0.15, 0.2) is 23.6 Å². The lowest BCUT2D eigenvalue weighted by molar-refractivity contribution is 0.150. The van der Waals surface area contributed by atoms with Gasteiger partial charge in [-0.2, -0.15) is 0 Å². The van der Waals surface area contributed by atoms with E-state index >= 15 is 0 Å². The predicted octanol–water partition coefficient (Wildman–Crippen LogP) is 1.19. The van der Waals surface area contributed by atoms with Gasteiger partial charge < -0.3 is 10.1 Å². The summed E-state index contributed by atoms with van der Waals surface area (Å²) in [6, 6.07) is 0. The summed E-state index contributed by atoms with van der Waals surface area (Å²) in [5.74, 6) is 1.00. The summed E-state index contributed by atoms with van der Waals surface area (Å²) in [4.78, 5) is 8.17. The zero-order valence-corrected chi connectivity index (χ0v) is 9.80. The van der Waals surface area contributed by atoms with E-state index < -0.39 is 0 Å². The van der Waals surface area contributed by atoms with Crippen molar-refractivity contribution in [2.75, 3.05) is 32.1 Å². The van der Waals surface area contributed by atoms with Crippen molar-refractivity contribution in [3.63, 3.8) is 0 Å². The monoisotopic (exact) mass is 227 g/mol. The van der Waals surface area contributed by atoms with Crippen molar-refractivity contribution in [1.29, 1.82) is 0 Å². The maximum Gasteiger partial charge on any atom is 0.114 e. The summed E-state index contributed by atoms with van der Waals surface area (Å²) >= 11 is 1.71. The van der Waals surface area contributed by atoms with E-state index in [2.05, 4.69) is 15.3 Å². The molecule has 0 bridgehead atoms. The molecule has 1 aromatic rings. The van der Waals surface area contributed by atoms with Crippen molar-refractivity contribution >= 4 is 11.8 Å². The van der Waals surface area contributed by atoms with Gasteiger partial charge in [-0.15, -0.1) is 11.8 Å². The molecule has 0 saturated heterocycles. The molecule has 0 aliphatic rings. The van der Waals surface area contributed by atoms with Crippen LogP contribution in [-0.2, 0) is 4.74 Å². The lowest BCUT2D eigenvalue weighted by Gasteiger charge is -2.03. The maximum absolute atomic E-state index is 5.21. The minimum atomic E-state index is 0.784.